The Bertz CT molecular complexity index is 767. The van der Waals surface area contributed by atoms with E-state index in [2.05, 4.69) is 26.1 Å². The highest BCUT2D eigenvalue weighted by molar-refractivity contribution is 5.81. The highest BCUT2D eigenvalue weighted by atomic mass is 16.5. The van der Waals surface area contributed by atoms with Gasteiger partial charge in [0.05, 0.1) is 12.6 Å². The second-order valence-electron chi connectivity index (χ2n) is 7.94. The van der Waals surface area contributed by atoms with Crippen molar-refractivity contribution in [2.75, 3.05) is 12.3 Å². The number of hydrogen-bond donors (Lipinski definition) is 4. The standard InChI is InChI=1S/C22H30N2O4/c1-14(28-18-11-7-16(8-12-18)22(2,3)4)21(27)24-19(13-25)20(26)15-5-9-17(23)10-6-15/h5-12,14,19-20,25-26H,13,23H2,1-4H3,(H,24,27). The monoisotopic (exact) mass is 386 g/mol. The summed E-state index contributed by atoms with van der Waals surface area (Å²) < 4.78 is 5.70. The molecule has 2 aromatic rings. The van der Waals surface area contributed by atoms with Crippen LogP contribution < -0.4 is 15.8 Å². The zero-order valence-corrected chi connectivity index (χ0v) is 16.8. The normalized spacial score (nSPS) is 14.8. The lowest BCUT2D eigenvalue weighted by Gasteiger charge is -2.25. The Morgan fingerprint density at radius 1 is 1.11 bits per heavy atom. The third kappa shape index (κ3) is 5.71. The Kier molecular flexibility index (Phi) is 7.05. The number of nitrogen functional groups attached to an aromatic ring is 1. The molecule has 5 N–H and O–H groups in total. The molecule has 6 heteroatoms. The summed E-state index contributed by atoms with van der Waals surface area (Å²) in [6, 6.07) is 13.4. The SMILES string of the molecule is CC(Oc1ccc(C(C)(C)C)cc1)C(=O)NC(CO)C(O)c1ccc(N)cc1. The molecule has 0 fully saturated rings. The number of rotatable bonds is 7. The number of aliphatic hydroxyl groups is 2. The first kappa shape index (κ1) is 21.7. The van der Waals surface area contributed by atoms with E-state index in [1.165, 1.54) is 5.56 Å². The Balaban J connectivity index is 1.98. The van der Waals surface area contributed by atoms with Crippen molar-refractivity contribution in [1.82, 2.24) is 5.32 Å². The van der Waals surface area contributed by atoms with Gasteiger partial charge in [-0.25, -0.2) is 0 Å². The van der Waals surface area contributed by atoms with Gasteiger partial charge in [0.15, 0.2) is 6.10 Å². The van der Waals surface area contributed by atoms with Gasteiger partial charge in [-0.05, 0) is 47.7 Å². The maximum Gasteiger partial charge on any atom is 0.261 e. The van der Waals surface area contributed by atoms with Crippen molar-refractivity contribution < 1.29 is 19.7 Å². The van der Waals surface area contributed by atoms with Crippen molar-refractivity contribution in [3.8, 4) is 5.75 Å². The van der Waals surface area contributed by atoms with Gasteiger partial charge in [0.2, 0.25) is 0 Å². The molecule has 2 aromatic carbocycles. The quantitative estimate of drug-likeness (QED) is 0.548. The summed E-state index contributed by atoms with van der Waals surface area (Å²) in [7, 11) is 0. The van der Waals surface area contributed by atoms with E-state index in [4.69, 9.17) is 10.5 Å². The van der Waals surface area contributed by atoms with Crippen molar-refractivity contribution in [3.63, 3.8) is 0 Å². The maximum absolute atomic E-state index is 12.5. The number of carbonyl (C=O) groups is 1. The lowest BCUT2D eigenvalue weighted by Crippen LogP contribution is -2.47. The van der Waals surface area contributed by atoms with E-state index < -0.39 is 30.8 Å². The van der Waals surface area contributed by atoms with Crippen molar-refractivity contribution in [3.05, 3.63) is 59.7 Å². The van der Waals surface area contributed by atoms with Crippen molar-refractivity contribution in [1.29, 1.82) is 0 Å². The molecule has 0 radical (unpaired) electrons. The fourth-order valence-corrected chi connectivity index (χ4v) is 2.74. The van der Waals surface area contributed by atoms with E-state index in [1.54, 1.807) is 31.2 Å². The molecule has 0 heterocycles. The fraction of sp³-hybridized carbons (Fsp3) is 0.409. The Labute approximate surface area is 166 Å². The van der Waals surface area contributed by atoms with Crippen LogP contribution in [0, 0.1) is 0 Å². The summed E-state index contributed by atoms with van der Waals surface area (Å²) in [5.41, 5.74) is 7.98. The van der Waals surface area contributed by atoms with E-state index in [9.17, 15) is 15.0 Å². The number of hydrogen-bond acceptors (Lipinski definition) is 5. The van der Waals surface area contributed by atoms with Crippen LogP contribution in [-0.2, 0) is 10.2 Å². The Morgan fingerprint density at radius 2 is 1.68 bits per heavy atom. The van der Waals surface area contributed by atoms with Crippen LogP contribution in [0.15, 0.2) is 48.5 Å². The number of aliphatic hydroxyl groups excluding tert-OH is 2. The van der Waals surface area contributed by atoms with Crippen molar-refractivity contribution in [2.24, 2.45) is 0 Å². The lowest BCUT2D eigenvalue weighted by atomic mass is 9.87. The highest BCUT2D eigenvalue weighted by Crippen LogP contribution is 2.25. The molecular formula is C22H30N2O4. The topological polar surface area (TPSA) is 105 Å². The molecular weight excluding hydrogens is 356 g/mol. The Hall–Kier alpha value is -2.57. The fourth-order valence-electron chi connectivity index (χ4n) is 2.74. The molecule has 3 atom stereocenters. The number of amides is 1. The number of benzene rings is 2. The number of ether oxygens (including phenoxy) is 1. The average molecular weight is 386 g/mol. The van der Waals surface area contributed by atoms with Gasteiger partial charge in [-0.2, -0.15) is 0 Å². The van der Waals surface area contributed by atoms with E-state index in [-0.39, 0.29) is 5.41 Å². The molecule has 0 bridgehead atoms. The minimum atomic E-state index is -1.06. The molecule has 1 amide bonds. The molecule has 3 unspecified atom stereocenters. The minimum Gasteiger partial charge on any atom is -0.481 e. The van der Waals surface area contributed by atoms with E-state index in [1.807, 2.05) is 24.3 Å². The summed E-state index contributed by atoms with van der Waals surface area (Å²) >= 11 is 0. The van der Waals surface area contributed by atoms with Gasteiger partial charge in [0, 0.05) is 5.69 Å². The first-order valence-corrected chi connectivity index (χ1v) is 9.33. The number of carbonyl (C=O) groups excluding carboxylic acids is 1. The molecule has 0 saturated carbocycles. The van der Waals surface area contributed by atoms with Crippen LogP contribution in [0.4, 0.5) is 5.69 Å². The van der Waals surface area contributed by atoms with Crippen LogP contribution >= 0.6 is 0 Å². The van der Waals surface area contributed by atoms with Gasteiger partial charge in [0.1, 0.15) is 11.9 Å². The van der Waals surface area contributed by atoms with Gasteiger partial charge >= 0.3 is 0 Å². The predicted molar refractivity (Wildman–Crippen MR) is 110 cm³/mol. The van der Waals surface area contributed by atoms with Crippen LogP contribution in [0.5, 0.6) is 5.75 Å². The number of nitrogens with two attached hydrogens (primary N) is 1. The molecule has 0 aliphatic heterocycles. The smallest absolute Gasteiger partial charge is 0.261 e. The predicted octanol–water partition coefficient (Wildman–Crippen LogP) is 2.54. The molecule has 0 spiro atoms. The van der Waals surface area contributed by atoms with Crippen LogP contribution in [0.1, 0.15) is 44.9 Å². The number of anilines is 1. The summed E-state index contributed by atoms with van der Waals surface area (Å²) in [5.74, 6) is 0.156. The molecule has 0 saturated heterocycles. The van der Waals surface area contributed by atoms with Crippen LogP contribution in [0.2, 0.25) is 0 Å². The summed E-state index contributed by atoms with van der Waals surface area (Å²) in [6.07, 6.45) is -1.85. The molecule has 152 valence electrons. The minimum absolute atomic E-state index is 0.0358. The molecule has 6 nitrogen and oxygen atoms in total. The van der Waals surface area contributed by atoms with Gasteiger partial charge < -0.3 is 26.0 Å². The van der Waals surface area contributed by atoms with E-state index in [0.29, 0.717) is 17.0 Å². The zero-order chi connectivity index (χ0) is 20.9. The van der Waals surface area contributed by atoms with Gasteiger partial charge in [-0.15, -0.1) is 0 Å². The van der Waals surface area contributed by atoms with Gasteiger partial charge in [0.25, 0.3) is 5.91 Å². The van der Waals surface area contributed by atoms with Crippen molar-refractivity contribution >= 4 is 11.6 Å². The van der Waals surface area contributed by atoms with Crippen LogP contribution in [0.3, 0.4) is 0 Å². The zero-order valence-electron chi connectivity index (χ0n) is 16.8. The first-order valence-electron chi connectivity index (χ1n) is 9.33. The summed E-state index contributed by atoms with van der Waals surface area (Å²) in [6.45, 7) is 7.59. The second-order valence-corrected chi connectivity index (χ2v) is 7.94. The molecule has 2 rings (SSSR count). The molecule has 28 heavy (non-hydrogen) atoms. The Morgan fingerprint density at radius 3 is 2.18 bits per heavy atom. The number of nitrogens with one attached hydrogen (secondary N) is 1. The van der Waals surface area contributed by atoms with Crippen molar-refractivity contribution in [2.45, 2.75) is 51.4 Å². The van der Waals surface area contributed by atoms with Crippen LogP contribution in [0.25, 0.3) is 0 Å². The third-order valence-corrected chi connectivity index (χ3v) is 4.59. The molecule has 0 aliphatic rings. The largest absolute Gasteiger partial charge is 0.481 e. The maximum atomic E-state index is 12.5. The van der Waals surface area contributed by atoms with Crippen LogP contribution in [-0.4, -0.2) is 34.9 Å². The van der Waals surface area contributed by atoms with E-state index in [0.717, 1.165) is 0 Å². The summed E-state index contributed by atoms with van der Waals surface area (Å²) in [4.78, 5) is 12.5. The second kappa shape index (κ2) is 9.08. The highest BCUT2D eigenvalue weighted by Gasteiger charge is 2.25. The summed E-state index contributed by atoms with van der Waals surface area (Å²) in [5, 5.41) is 22.7. The third-order valence-electron chi connectivity index (χ3n) is 4.59. The average Bonchev–Trinajstić information content (AvgIpc) is 2.65. The molecule has 0 aliphatic carbocycles. The van der Waals surface area contributed by atoms with Gasteiger partial charge in [-0.3, -0.25) is 4.79 Å². The van der Waals surface area contributed by atoms with E-state index >= 15 is 0 Å². The molecule has 0 aromatic heterocycles. The first-order chi connectivity index (χ1) is 13.1. The van der Waals surface area contributed by atoms with Gasteiger partial charge in [-0.1, -0.05) is 45.0 Å². The lowest BCUT2D eigenvalue weighted by molar-refractivity contribution is -0.129.